The molecule has 0 aliphatic rings. The molecule has 7 heteroatoms. The minimum atomic E-state index is -3.34. The van der Waals surface area contributed by atoms with Gasteiger partial charge in [0, 0.05) is 12.6 Å². The third kappa shape index (κ3) is 5.73. The number of carbonyl (C=O) groups is 1. The van der Waals surface area contributed by atoms with Crippen LogP contribution in [0.4, 0.5) is 5.69 Å². The Morgan fingerprint density at radius 2 is 1.64 bits per heavy atom. The zero-order chi connectivity index (χ0) is 20.9. The maximum atomic E-state index is 12.7. The van der Waals surface area contributed by atoms with Crippen molar-refractivity contribution >= 4 is 21.6 Å². The number of amides is 1. The van der Waals surface area contributed by atoms with Crippen molar-refractivity contribution in [2.75, 3.05) is 24.7 Å². The lowest BCUT2D eigenvalue weighted by molar-refractivity contribution is 0.0932. The van der Waals surface area contributed by atoms with Crippen LogP contribution in [0, 0.1) is 5.92 Å². The van der Waals surface area contributed by atoms with E-state index >= 15 is 0 Å². The second-order valence-electron chi connectivity index (χ2n) is 7.21. The van der Waals surface area contributed by atoms with Crippen molar-refractivity contribution in [1.29, 1.82) is 0 Å². The van der Waals surface area contributed by atoms with Gasteiger partial charge in [-0.05, 0) is 54.3 Å². The highest BCUT2D eigenvalue weighted by atomic mass is 32.2. The van der Waals surface area contributed by atoms with E-state index in [1.165, 1.54) is 11.4 Å². The van der Waals surface area contributed by atoms with Gasteiger partial charge in [-0.3, -0.25) is 9.10 Å². The summed E-state index contributed by atoms with van der Waals surface area (Å²) < 4.78 is 29.7. The Labute approximate surface area is 167 Å². The van der Waals surface area contributed by atoms with E-state index in [9.17, 15) is 13.2 Å². The average molecular weight is 405 g/mol. The zero-order valence-electron chi connectivity index (χ0n) is 17.0. The molecule has 6 nitrogen and oxygen atoms in total. The maximum absolute atomic E-state index is 12.7. The topological polar surface area (TPSA) is 75.7 Å². The van der Waals surface area contributed by atoms with Crippen LogP contribution in [0.15, 0.2) is 48.5 Å². The largest absolute Gasteiger partial charge is 0.497 e. The number of methoxy groups -OCH3 is 1. The zero-order valence-corrected chi connectivity index (χ0v) is 17.8. The summed E-state index contributed by atoms with van der Waals surface area (Å²) in [4.78, 5) is 12.7. The SMILES string of the molecule is COc1ccc([C@@H](CC(C)C)NC(=O)c2ccc(N(C)S(C)(=O)=O)cc2)cc1. The van der Waals surface area contributed by atoms with Crippen molar-refractivity contribution in [1.82, 2.24) is 5.32 Å². The smallest absolute Gasteiger partial charge is 0.251 e. The first-order valence-corrected chi connectivity index (χ1v) is 11.0. The summed E-state index contributed by atoms with van der Waals surface area (Å²) in [7, 11) is -0.244. The molecule has 0 aliphatic heterocycles. The quantitative estimate of drug-likeness (QED) is 0.729. The molecule has 2 rings (SSSR count). The van der Waals surface area contributed by atoms with Gasteiger partial charge in [0.2, 0.25) is 10.0 Å². The Kier molecular flexibility index (Phi) is 7.07. The molecule has 0 saturated heterocycles. The molecule has 152 valence electrons. The average Bonchev–Trinajstić information content (AvgIpc) is 2.66. The highest BCUT2D eigenvalue weighted by molar-refractivity contribution is 7.92. The molecular formula is C21H28N2O4S. The molecular weight excluding hydrogens is 376 g/mol. The predicted molar refractivity (Wildman–Crippen MR) is 112 cm³/mol. The number of hydrogen-bond acceptors (Lipinski definition) is 4. The van der Waals surface area contributed by atoms with E-state index in [0.29, 0.717) is 17.2 Å². The molecule has 0 bridgehead atoms. The Bertz CT molecular complexity index is 891. The molecule has 0 fully saturated rings. The molecule has 2 aromatic rings. The van der Waals surface area contributed by atoms with E-state index in [0.717, 1.165) is 24.0 Å². The second kappa shape index (κ2) is 9.10. The van der Waals surface area contributed by atoms with Crippen LogP contribution in [0.5, 0.6) is 5.75 Å². The summed E-state index contributed by atoms with van der Waals surface area (Å²) in [6.07, 6.45) is 1.94. The number of benzene rings is 2. The molecule has 0 unspecified atom stereocenters. The molecule has 1 amide bonds. The number of rotatable bonds is 8. The molecule has 0 aromatic heterocycles. The molecule has 0 radical (unpaired) electrons. The van der Waals surface area contributed by atoms with E-state index in [2.05, 4.69) is 19.2 Å². The van der Waals surface area contributed by atoms with Crippen molar-refractivity contribution < 1.29 is 17.9 Å². The van der Waals surface area contributed by atoms with Gasteiger partial charge in [0.25, 0.3) is 5.91 Å². The first kappa shape index (κ1) is 21.8. The van der Waals surface area contributed by atoms with Crippen molar-refractivity contribution in [3.8, 4) is 5.75 Å². The van der Waals surface area contributed by atoms with Crippen molar-refractivity contribution in [2.45, 2.75) is 26.3 Å². The van der Waals surface area contributed by atoms with Gasteiger partial charge < -0.3 is 10.1 Å². The van der Waals surface area contributed by atoms with Crippen LogP contribution < -0.4 is 14.4 Å². The van der Waals surface area contributed by atoms with Crippen LogP contribution >= 0.6 is 0 Å². The number of nitrogens with one attached hydrogen (secondary N) is 1. The van der Waals surface area contributed by atoms with E-state index in [1.807, 2.05) is 24.3 Å². The van der Waals surface area contributed by atoms with Gasteiger partial charge >= 0.3 is 0 Å². The number of nitrogens with zero attached hydrogens (tertiary/aromatic N) is 1. The molecule has 0 saturated carbocycles. The van der Waals surface area contributed by atoms with Crippen molar-refractivity contribution in [3.63, 3.8) is 0 Å². The molecule has 2 aromatic carbocycles. The van der Waals surface area contributed by atoms with Gasteiger partial charge in [0.15, 0.2) is 0 Å². The van der Waals surface area contributed by atoms with E-state index in [1.54, 1.807) is 31.4 Å². The minimum absolute atomic E-state index is 0.128. The summed E-state index contributed by atoms with van der Waals surface area (Å²) >= 11 is 0. The van der Waals surface area contributed by atoms with Gasteiger partial charge in [0.05, 0.1) is 25.1 Å². The summed E-state index contributed by atoms with van der Waals surface area (Å²) in [5.41, 5.74) is 2.00. The minimum Gasteiger partial charge on any atom is -0.497 e. The first-order valence-electron chi connectivity index (χ1n) is 9.10. The third-order valence-electron chi connectivity index (χ3n) is 4.52. The fourth-order valence-corrected chi connectivity index (χ4v) is 3.35. The molecule has 0 aliphatic carbocycles. The Balaban J connectivity index is 2.18. The monoisotopic (exact) mass is 404 g/mol. The number of anilines is 1. The van der Waals surface area contributed by atoms with E-state index in [-0.39, 0.29) is 11.9 Å². The number of hydrogen-bond donors (Lipinski definition) is 1. The molecule has 1 N–H and O–H groups in total. The standard InChI is InChI=1S/C21H28N2O4S/c1-15(2)14-20(16-8-12-19(27-4)13-9-16)22-21(24)17-6-10-18(11-7-17)23(3)28(5,25)26/h6-13,15,20H,14H2,1-5H3,(H,22,24)/t20-/m1/s1. The summed E-state index contributed by atoms with van der Waals surface area (Å²) in [5, 5.41) is 3.09. The van der Waals surface area contributed by atoms with Gasteiger partial charge in [-0.15, -0.1) is 0 Å². The summed E-state index contributed by atoms with van der Waals surface area (Å²) in [6.45, 7) is 4.22. The number of ether oxygens (including phenoxy) is 1. The Morgan fingerprint density at radius 1 is 1.07 bits per heavy atom. The molecule has 28 heavy (non-hydrogen) atoms. The Hall–Kier alpha value is -2.54. The van der Waals surface area contributed by atoms with E-state index < -0.39 is 10.0 Å². The maximum Gasteiger partial charge on any atom is 0.251 e. The lowest BCUT2D eigenvalue weighted by Gasteiger charge is -2.22. The normalized spacial score (nSPS) is 12.5. The summed E-state index contributed by atoms with van der Waals surface area (Å²) in [5.74, 6) is 0.970. The highest BCUT2D eigenvalue weighted by Gasteiger charge is 2.18. The molecule has 1 atom stereocenters. The third-order valence-corrected chi connectivity index (χ3v) is 5.73. The van der Waals surface area contributed by atoms with Gasteiger partial charge in [0.1, 0.15) is 5.75 Å². The van der Waals surface area contributed by atoms with Crippen LogP contribution in [-0.4, -0.2) is 34.7 Å². The van der Waals surface area contributed by atoms with Crippen LogP contribution in [-0.2, 0) is 10.0 Å². The number of carbonyl (C=O) groups excluding carboxylic acids is 1. The molecule has 0 spiro atoms. The predicted octanol–water partition coefficient (Wildman–Crippen LogP) is 3.61. The van der Waals surface area contributed by atoms with Crippen LogP contribution in [0.1, 0.15) is 42.2 Å². The summed E-state index contributed by atoms with van der Waals surface area (Å²) in [6, 6.07) is 14.1. The fourth-order valence-electron chi connectivity index (χ4n) is 2.84. The van der Waals surface area contributed by atoms with E-state index in [4.69, 9.17) is 4.74 Å². The van der Waals surface area contributed by atoms with Gasteiger partial charge in [-0.2, -0.15) is 0 Å². The van der Waals surface area contributed by atoms with Gasteiger partial charge in [-0.1, -0.05) is 26.0 Å². The van der Waals surface area contributed by atoms with Gasteiger partial charge in [-0.25, -0.2) is 8.42 Å². The lowest BCUT2D eigenvalue weighted by atomic mass is 9.96. The lowest BCUT2D eigenvalue weighted by Crippen LogP contribution is -2.29. The first-order chi connectivity index (χ1) is 13.1. The highest BCUT2D eigenvalue weighted by Crippen LogP contribution is 2.24. The second-order valence-corrected chi connectivity index (χ2v) is 9.22. The molecule has 0 heterocycles. The number of sulfonamides is 1. The van der Waals surface area contributed by atoms with Crippen molar-refractivity contribution in [2.24, 2.45) is 5.92 Å². The Morgan fingerprint density at radius 3 is 2.11 bits per heavy atom. The van der Waals surface area contributed by atoms with Crippen molar-refractivity contribution in [3.05, 3.63) is 59.7 Å². The van der Waals surface area contributed by atoms with Crippen LogP contribution in [0.25, 0.3) is 0 Å². The van der Waals surface area contributed by atoms with Crippen LogP contribution in [0.2, 0.25) is 0 Å². The van der Waals surface area contributed by atoms with Crippen LogP contribution in [0.3, 0.4) is 0 Å². The fraction of sp³-hybridized carbons (Fsp3) is 0.381.